The lowest BCUT2D eigenvalue weighted by atomic mass is 10.2. The van der Waals surface area contributed by atoms with Crippen molar-refractivity contribution in [2.75, 3.05) is 7.11 Å². The Morgan fingerprint density at radius 1 is 0.929 bits per heavy atom. The summed E-state index contributed by atoms with van der Waals surface area (Å²) in [7, 11) is 1.67. The molecule has 0 aliphatic heterocycles. The second kappa shape index (κ2) is 8.63. The van der Waals surface area contributed by atoms with Crippen molar-refractivity contribution in [1.82, 2.24) is 14.8 Å². The van der Waals surface area contributed by atoms with Crippen LogP contribution in [0.3, 0.4) is 0 Å². The molecule has 0 unspecified atom stereocenters. The minimum Gasteiger partial charge on any atom is -0.497 e. The Kier molecular flexibility index (Phi) is 5.78. The number of benzene rings is 3. The van der Waals surface area contributed by atoms with Crippen LogP contribution in [0.25, 0.3) is 17.1 Å². The molecule has 0 bridgehead atoms. The van der Waals surface area contributed by atoms with Gasteiger partial charge < -0.3 is 4.74 Å². The third-order valence-corrected chi connectivity index (χ3v) is 5.73. The monoisotopic (exact) mass is 451 g/mol. The molecule has 0 saturated heterocycles. The fourth-order valence-electron chi connectivity index (χ4n) is 2.90. The van der Waals surface area contributed by atoms with Crippen LogP contribution in [0.15, 0.2) is 88.5 Å². The Morgan fingerprint density at radius 2 is 1.75 bits per heavy atom. The predicted octanol–water partition coefficient (Wildman–Crippen LogP) is 6.00. The molecule has 0 radical (unpaired) electrons. The molecule has 0 N–H and O–H groups in total. The number of thioether (sulfide) groups is 1. The molecule has 1 aromatic heterocycles. The van der Waals surface area contributed by atoms with E-state index in [2.05, 4.69) is 55.0 Å². The van der Waals surface area contributed by atoms with Gasteiger partial charge in [-0.15, -0.1) is 10.2 Å². The number of nitrogens with zero attached hydrogens (tertiary/aromatic N) is 3. The van der Waals surface area contributed by atoms with E-state index in [9.17, 15) is 0 Å². The van der Waals surface area contributed by atoms with E-state index in [1.807, 2.05) is 54.6 Å². The number of hydrogen-bond acceptors (Lipinski definition) is 4. The van der Waals surface area contributed by atoms with Crippen molar-refractivity contribution in [2.45, 2.75) is 10.9 Å². The van der Waals surface area contributed by atoms with Crippen LogP contribution in [-0.4, -0.2) is 21.9 Å². The van der Waals surface area contributed by atoms with Crippen molar-refractivity contribution in [3.05, 3.63) is 88.9 Å². The normalized spacial score (nSPS) is 10.8. The molecule has 6 heteroatoms. The molecule has 0 aliphatic rings. The maximum absolute atomic E-state index is 5.38. The number of hydrogen-bond donors (Lipinski definition) is 0. The standard InChI is InChI=1S/C22H18BrN3OS/c1-27-20-12-6-8-17(14-20)21-24-25-22(26(21)19-10-3-2-4-11-19)28-15-16-7-5-9-18(23)13-16/h2-14H,15H2,1H3. The van der Waals surface area contributed by atoms with Gasteiger partial charge in [-0.25, -0.2) is 0 Å². The zero-order chi connectivity index (χ0) is 19.3. The van der Waals surface area contributed by atoms with E-state index in [0.717, 1.165) is 38.2 Å². The van der Waals surface area contributed by atoms with Crippen LogP contribution >= 0.6 is 27.7 Å². The Balaban J connectivity index is 1.73. The van der Waals surface area contributed by atoms with E-state index < -0.39 is 0 Å². The van der Waals surface area contributed by atoms with Crippen molar-refractivity contribution < 1.29 is 4.74 Å². The Labute approximate surface area is 176 Å². The number of halogens is 1. The first kappa shape index (κ1) is 18.8. The maximum Gasteiger partial charge on any atom is 0.196 e. The summed E-state index contributed by atoms with van der Waals surface area (Å²) >= 11 is 5.20. The highest BCUT2D eigenvalue weighted by Crippen LogP contribution is 2.31. The number of aromatic nitrogens is 3. The molecular formula is C22H18BrN3OS. The van der Waals surface area contributed by atoms with Crippen molar-refractivity contribution in [2.24, 2.45) is 0 Å². The molecule has 4 aromatic rings. The molecule has 0 spiro atoms. The van der Waals surface area contributed by atoms with E-state index in [1.54, 1.807) is 18.9 Å². The van der Waals surface area contributed by atoms with Gasteiger partial charge in [0.15, 0.2) is 11.0 Å². The average molecular weight is 452 g/mol. The summed E-state index contributed by atoms with van der Waals surface area (Å²) in [6.07, 6.45) is 0. The van der Waals surface area contributed by atoms with Gasteiger partial charge in [0.2, 0.25) is 0 Å². The molecule has 0 fully saturated rings. The number of methoxy groups -OCH3 is 1. The molecule has 0 saturated carbocycles. The van der Waals surface area contributed by atoms with Gasteiger partial charge in [-0.2, -0.15) is 0 Å². The number of ether oxygens (including phenoxy) is 1. The lowest BCUT2D eigenvalue weighted by Gasteiger charge is -2.11. The van der Waals surface area contributed by atoms with Crippen LogP contribution in [-0.2, 0) is 5.75 Å². The van der Waals surface area contributed by atoms with Gasteiger partial charge in [-0.1, -0.05) is 70.2 Å². The second-order valence-electron chi connectivity index (χ2n) is 6.13. The van der Waals surface area contributed by atoms with Crippen LogP contribution in [0.1, 0.15) is 5.56 Å². The topological polar surface area (TPSA) is 39.9 Å². The van der Waals surface area contributed by atoms with Crippen molar-refractivity contribution >= 4 is 27.7 Å². The van der Waals surface area contributed by atoms with Gasteiger partial charge in [-0.05, 0) is 42.0 Å². The molecule has 4 rings (SSSR count). The van der Waals surface area contributed by atoms with Crippen molar-refractivity contribution in [3.63, 3.8) is 0 Å². The second-order valence-corrected chi connectivity index (χ2v) is 7.99. The number of para-hydroxylation sites is 1. The van der Waals surface area contributed by atoms with Crippen LogP contribution in [0.4, 0.5) is 0 Å². The van der Waals surface area contributed by atoms with Gasteiger partial charge >= 0.3 is 0 Å². The molecule has 3 aromatic carbocycles. The highest BCUT2D eigenvalue weighted by Gasteiger charge is 2.16. The fourth-order valence-corrected chi connectivity index (χ4v) is 4.24. The van der Waals surface area contributed by atoms with Crippen LogP contribution in [0.5, 0.6) is 5.75 Å². The van der Waals surface area contributed by atoms with Gasteiger partial charge in [-0.3, -0.25) is 4.57 Å². The summed E-state index contributed by atoms with van der Waals surface area (Å²) in [4.78, 5) is 0. The van der Waals surface area contributed by atoms with Crippen molar-refractivity contribution in [1.29, 1.82) is 0 Å². The lowest BCUT2D eigenvalue weighted by Crippen LogP contribution is -1.99. The molecule has 0 atom stereocenters. The molecular weight excluding hydrogens is 434 g/mol. The third-order valence-electron chi connectivity index (χ3n) is 4.23. The molecule has 1 heterocycles. The van der Waals surface area contributed by atoms with Crippen LogP contribution in [0.2, 0.25) is 0 Å². The molecule has 4 nitrogen and oxygen atoms in total. The van der Waals surface area contributed by atoms with Crippen LogP contribution in [0, 0.1) is 0 Å². The Bertz CT molecular complexity index is 1080. The summed E-state index contributed by atoms with van der Waals surface area (Å²) in [5.41, 5.74) is 3.22. The molecule has 28 heavy (non-hydrogen) atoms. The summed E-state index contributed by atoms with van der Waals surface area (Å²) in [6, 6.07) is 26.4. The predicted molar refractivity (Wildman–Crippen MR) is 117 cm³/mol. The largest absolute Gasteiger partial charge is 0.497 e. The van der Waals surface area contributed by atoms with E-state index in [1.165, 1.54) is 5.56 Å². The summed E-state index contributed by atoms with van der Waals surface area (Å²) in [5, 5.41) is 9.83. The Morgan fingerprint density at radius 3 is 2.54 bits per heavy atom. The number of rotatable bonds is 6. The van der Waals surface area contributed by atoms with Crippen molar-refractivity contribution in [3.8, 4) is 22.8 Å². The quantitative estimate of drug-likeness (QED) is 0.337. The fraction of sp³-hybridized carbons (Fsp3) is 0.0909. The highest BCUT2D eigenvalue weighted by molar-refractivity contribution is 9.10. The SMILES string of the molecule is COc1cccc(-c2nnc(SCc3cccc(Br)c3)n2-c2ccccc2)c1. The maximum atomic E-state index is 5.38. The minimum absolute atomic E-state index is 0.793. The first-order valence-corrected chi connectivity index (χ1v) is 10.5. The minimum atomic E-state index is 0.793. The molecule has 140 valence electrons. The zero-order valence-electron chi connectivity index (χ0n) is 15.2. The summed E-state index contributed by atoms with van der Waals surface area (Å²) in [5.74, 6) is 2.40. The van der Waals surface area contributed by atoms with E-state index >= 15 is 0 Å². The highest BCUT2D eigenvalue weighted by atomic mass is 79.9. The van der Waals surface area contributed by atoms with E-state index in [4.69, 9.17) is 4.74 Å². The smallest absolute Gasteiger partial charge is 0.196 e. The first-order valence-electron chi connectivity index (χ1n) is 8.77. The lowest BCUT2D eigenvalue weighted by molar-refractivity contribution is 0.415. The Hall–Kier alpha value is -2.57. The summed E-state index contributed by atoms with van der Waals surface area (Å²) < 4.78 is 8.55. The third kappa shape index (κ3) is 4.13. The van der Waals surface area contributed by atoms with E-state index in [0.29, 0.717) is 0 Å². The molecule has 0 aliphatic carbocycles. The average Bonchev–Trinajstić information content (AvgIpc) is 3.17. The molecule has 0 amide bonds. The summed E-state index contributed by atoms with van der Waals surface area (Å²) in [6.45, 7) is 0. The van der Waals surface area contributed by atoms with Gasteiger partial charge in [0, 0.05) is 21.5 Å². The van der Waals surface area contributed by atoms with Gasteiger partial charge in [0.1, 0.15) is 5.75 Å². The zero-order valence-corrected chi connectivity index (χ0v) is 17.7. The van der Waals surface area contributed by atoms with Gasteiger partial charge in [0.05, 0.1) is 7.11 Å². The van der Waals surface area contributed by atoms with E-state index in [-0.39, 0.29) is 0 Å². The van der Waals surface area contributed by atoms with Gasteiger partial charge in [0.25, 0.3) is 0 Å². The van der Waals surface area contributed by atoms with Crippen LogP contribution < -0.4 is 4.74 Å². The first-order chi connectivity index (χ1) is 13.7.